The number of carbonyl (C=O) groups excluding carboxylic acids is 7. The molecule has 0 saturated carbocycles. The second-order valence-electron chi connectivity index (χ2n) is 23.8. The zero-order chi connectivity index (χ0) is 69.5. The van der Waals surface area contributed by atoms with Crippen molar-refractivity contribution in [2.75, 3.05) is 83.0 Å². The Balaban J connectivity index is 0.000000261. The van der Waals surface area contributed by atoms with Crippen LogP contribution in [-0.2, 0) is 51.1 Å². The van der Waals surface area contributed by atoms with Crippen LogP contribution in [0.25, 0.3) is 22.4 Å². The van der Waals surface area contributed by atoms with E-state index in [9.17, 15) is 47.4 Å². The first-order valence-corrected chi connectivity index (χ1v) is 33.0. The van der Waals surface area contributed by atoms with Gasteiger partial charge in [0.05, 0.1) is 56.6 Å². The molecule has 2 unspecified atom stereocenters. The Morgan fingerprint density at radius 3 is 1.46 bits per heavy atom. The number of benzene rings is 7. The maximum Gasteiger partial charge on any atom is 0.258 e. The molecule has 0 bridgehead atoms. The fourth-order valence-corrected chi connectivity index (χ4v) is 11.3. The molecule has 6 N–H and O–H groups in total. The summed E-state index contributed by atoms with van der Waals surface area (Å²) < 4.78 is 45.0. The van der Waals surface area contributed by atoms with Crippen molar-refractivity contribution in [3.05, 3.63) is 240 Å². The Hall–Kier alpha value is -9.83. The van der Waals surface area contributed by atoms with Crippen LogP contribution in [0.1, 0.15) is 104 Å². The Labute approximate surface area is 573 Å². The number of nitrogens with zero attached hydrogens (tertiary/aromatic N) is 3. The molecule has 11 rings (SSSR count). The van der Waals surface area contributed by atoms with Crippen LogP contribution in [0.4, 0.5) is 20.2 Å². The maximum atomic E-state index is 14.1. The molecule has 4 heterocycles. The lowest BCUT2D eigenvalue weighted by Crippen LogP contribution is -2.53. The number of carboxylic acids is 1. The molecule has 0 radical (unpaired) electrons. The van der Waals surface area contributed by atoms with Gasteiger partial charge in [0, 0.05) is 100 Å². The zero-order valence-electron chi connectivity index (χ0n) is 56.1. The van der Waals surface area contributed by atoms with Gasteiger partial charge in [-0.2, -0.15) is 0 Å². The Kier molecular flexibility index (Phi) is 32.0. The lowest BCUT2D eigenvalue weighted by Gasteiger charge is -2.27. The summed E-state index contributed by atoms with van der Waals surface area (Å²) in [5, 5.41) is 15.9. The van der Waals surface area contributed by atoms with E-state index < -0.39 is 41.2 Å². The number of halogens is 2. The van der Waals surface area contributed by atoms with Crippen LogP contribution in [0.3, 0.4) is 0 Å². The van der Waals surface area contributed by atoms with E-state index in [1.165, 1.54) is 49.2 Å². The summed E-state index contributed by atoms with van der Waals surface area (Å²) in [4.78, 5) is 92.3. The topological polar surface area (TPSA) is 263 Å². The van der Waals surface area contributed by atoms with Gasteiger partial charge in [-0.25, -0.2) is 8.78 Å². The van der Waals surface area contributed by atoms with Crippen LogP contribution in [0.5, 0.6) is 0 Å². The molecule has 0 aliphatic carbocycles. The number of carboxylic acid groups (broad SMARTS) is 1. The zero-order valence-corrected chi connectivity index (χ0v) is 56.1. The first-order chi connectivity index (χ1) is 46.9. The van der Waals surface area contributed by atoms with Crippen LogP contribution >= 0.6 is 0 Å². The first kappa shape index (κ1) is 77.2. The number of anilines is 2. The molecule has 8 aromatic rings. The number of nitrogens with one attached hydrogen (secondary N) is 2. The highest BCUT2D eigenvalue weighted by Gasteiger charge is 2.41. The summed E-state index contributed by atoms with van der Waals surface area (Å²) >= 11 is 0. The Morgan fingerprint density at radius 1 is 0.551 bits per heavy atom. The molecule has 4 amide bonds. The molecule has 18 nitrogen and oxygen atoms in total. The highest BCUT2D eigenvalue weighted by atomic mass is 19.1. The van der Waals surface area contributed by atoms with Crippen molar-refractivity contribution in [3.63, 3.8) is 0 Å². The molecule has 1 aromatic heterocycles. The van der Waals surface area contributed by atoms with Crippen molar-refractivity contribution in [1.82, 2.24) is 14.4 Å². The molecular weight excluding hydrogens is 1250 g/mol. The van der Waals surface area contributed by atoms with Gasteiger partial charge >= 0.3 is 0 Å². The number of hydrogen-bond donors (Lipinski definition) is 3. The summed E-state index contributed by atoms with van der Waals surface area (Å²) in [5.41, 5.74) is 11.1. The lowest BCUT2D eigenvalue weighted by molar-refractivity contribution is -0.366. The molecule has 3 fully saturated rings. The van der Waals surface area contributed by atoms with E-state index >= 15 is 0 Å². The van der Waals surface area contributed by atoms with Crippen molar-refractivity contribution in [2.45, 2.75) is 78.2 Å². The first-order valence-electron chi connectivity index (χ1n) is 33.0. The van der Waals surface area contributed by atoms with E-state index in [1.807, 2.05) is 82.6 Å². The van der Waals surface area contributed by atoms with E-state index in [4.69, 9.17) is 14.2 Å². The number of Topliss-reactive ketones (excluding diaryl/α,β-unsaturated/α-hetero) is 2. The number of para-hydroxylation sites is 2. The maximum absolute atomic E-state index is 14.1. The normalized spacial score (nSPS) is 13.8. The third kappa shape index (κ3) is 23.5. The van der Waals surface area contributed by atoms with Crippen molar-refractivity contribution in [1.29, 1.82) is 0 Å². The molecule has 2 atom stereocenters. The number of amides is 4. The SMILES string of the molecule is C1CCOC1.CC(C)C(=O)C(C(=O)Nc1ccccc1)C(C(=O)c1ccc(F)cc1)c1ccccc1.CC(C)c1c(C(=O)Nc2ccccc2)c(-c2ccccc2)c(-c2ccc(F)cc2)n1CCC(=O)N1CCOCC1.O=C([O-])Cc1ccccc1.[HH].[NH3+]CCC(=O)N1CCOCC1.[OH-]. The minimum Gasteiger partial charge on any atom is -0.870 e. The van der Waals surface area contributed by atoms with Crippen LogP contribution < -0.4 is 21.5 Å². The molecular formula is C78H91F2N6O12-. The van der Waals surface area contributed by atoms with E-state index in [-0.39, 0.29) is 60.5 Å². The summed E-state index contributed by atoms with van der Waals surface area (Å²) in [6, 6.07) is 57.1. The van der Waals surface area contributed by atoms with Gasteiger partial charge in [0.25, 0.3) is 5.91 Å². The molecule has 3 saturated heterocycles. The smallest absolute Gasteiger partial charge is 0.258 e. The van der Waals surface area contributed by atoms with Crippen LogP contribution in [-0.4, -0.2) is 133 Å². The van der Waals surface area contributed by atoms with Gasteiger partial charge in [0.2, 0.25) is 17.7 Å². The fraction of sp³-hybridized carbons (Fsp3) is 0.321. The number of aliphatic carboxylic acids is 1. The van der Waals surface area contributed by atoms with Gasteiger partial charge in [-0.05, 0) is 114 Å². The van der Waals surface area contributed by atoms with Gasteiger partial charge in [-0.3, -0.25) is 28.8 Å². The number of carbonyl (C=O) groups is 7. The number of rotatable bonds is 20. The van der Waals surface area contributed by atoms with Crippen LogP contribution in [0, 0.1) is 23.5 Å². The summed E-state index contributed by atoms with van der Waals surface area (Å²) in [5.74, 6) is -5.87. The molecule has 520 valence electrons. The van der Waals surface area contributed by atoms with Gasteiger partial charge in [-0.15, -0.1) is 0 Å². The lowest BCUT2D eigenvalue weighted by atomic mass is 9.75. The number of hydrogen-bond acceptors (Lipinski definition) is 12. The minimum absolute atomic E-state index is 0. The predicted octanol–water partition coefficient (Wildman–Crippen LogP) is 11.2. The van der Waals surface area contributed by atoms with Crippen LogP contribution in [0.15, 0.2) is 200 Å². The number of quaternary nitrogens is 1. The Morgan fingerprint density at radius 2 is 1.00 bits per heavy atom. The van der Waals surface area contributed by atoms with E-state index in [1.54, 1.807) is 105 Å². The number of ketones is 2. The summed E-state index contributed by atoms with van der Waals surface area (Å²) in [7, 11) is 0. The second-order valence-corrected chi connectivity index (χ2v) is 23.8. The van der Waals surface area contributed by atoms with Gasteiger partial charge in [0.15, 0.2) is 5.78 Å². The average molecular weight is 1340 g/mol. The minimum atomic E-state index is -1.24. The number of aromatic nitrogens is 1. The summed E-state index contributed by atoms with van der Waals surface area (Å²) in [6.07, 6.45) is 3.40. The molecule has 98 heavy (non-hydrogen) atoms. The molecule has 20 heteroatoms. The van der Waals surface area contributed by atoms with Gasteiger partial charge < -0.3 is 60.3 Å². The third-order valence-electron chi connectivity index (χ3n) is 16.1. The highest BCUT2D eigenvalue weighted by molar-refractivity contribution is 6.15. The Bertz CT molecular complexity index is 3750. The molecule has 0 spiro atoms. The van der Waals surface area contributed by atoms with Crippen molar-refractivity contribution < 1.29 is 74.3 Å². The van der Waals surface area contributed by atoms with E-state index in [0.29, 0.717) is 81.5 Å². The van der Waals surface area contributed by atoms with Crippen molar-refractivity contribution in [3.8, 4) is 22.4 Å². The number of ether oxygens (including phenoxy) is 3. The monoisotopic (exact) mass is 1340 g/mol. The third-order valence-corrected chi connectivity index (χ3v) is 16.1. The van der Waals surface area contributed by atoms with Gasteiger partial charge in [-0.1, -0.05) is 155 Å². The van der Waals surface area contributed by atoms with Crippen molar-refractivity contribution in [2.24, 2.45) is 11.8 Å². The summed E-state index contributed by atoms with van der Waals surface area (Å²) in [6.45, 7) is 15.7. The standard InChI is InChI=1S/C33H34FN3O3.C26H24FNO3.C8H8O2.C7H14N2O2.C4H8O.H2O.H2/c1-23(2)31-30(33(39)35-27-11-7-4-8-12-27)29(24-9-5-3-6-10-24)32(25-13-15-26(34)16-14-25)37(31)18-17-28(38)36-19-21-40-22-20-36;1-17(2)24(29)23(26(31)28-21-11-7-4-8-12-21)22(18-9-5-3-6-10-18)25(30)19-13-15-20(27)16-14-19;9-8(10)6-7-4-2-1-3-5-7;8-2-1-7(10)9-3-5-11-6-4-9;1-2-4-5-3-1;;/h3-16,23H,17-22H2,1-2H3,(H,35,39);3-17,22-23H,1-2H3,(H,28,31);1-5H,6H2,(H,9,10);1-6,8H2;1-4H2;1H2;1H/p-1. The van der Waals surface area contributed by atoms with Crippen molar-refractivity contribution >= 4 is 52.5 Å². The quantitative estimate of drug-likeness (QED) is 0.0475. The fourth-order valence-electron chi connectivity index (χ4n) is 11.3. The molecule has 3 aliphatic rings. The largest absolute Gasteiger partial charge is 0.870 e. The molecule has 7 aromatic carbocycles. The molecule has 3 aliphatic heterocycles. The average Bonchev–Trinajstić information content (AvgIpc) is 1.60. The van der Waals surface area contributed by atoms with E-state index in [2.05, 4.69) is 34.8 Å². The number of morpholine rings is 2. The second kappa shape index (κ2) is 40.7. The predicted molar refractivity (Wildman–Crippen MR) is 373 cm³/mol. The van der Waals surface area contributed by atoms with E-state index in [0.717, 1.165) is 59.9 Å². The van der Waals surface area contributed by atoms with Gasteiger partial charge in [0.1, 0.15) is 23.3 Å². The highest BCUT2D eigenvalue weighted by Crippen LogP contribution is 2.43. The van der Waals surface area contributed by atoms with Crippen LogP contribution in [0.2, 0.25) is 0 Å².